The van der Waals surface area contributed by atoms with Gasteiger partial charge < -0.3 is 10.1 Å². The van der Waals surface area contributed by atoms with Crippen molar-refractivity contribution in [3.63, 3.8) is 0 Å². The van der Waals surface area contributed by atoms with Crippen LogP contribution in [0.2, 0.25) is 5.02 Å². The van der Waals surface area contributed by atoms with Gasteiger partial charge >= 0.3 is 0 Å². The largest absolute Gasteiger partial charge is 0.497 e. The molecular weight excluding hydrogens is 458 g/mol. The summed E-state index contributed by atoms with van der Waals surface area (Å²) in [4.78, 5) is 12.5. The van der Waals surface area contributed by atoms with Gasteiger partial charge in [0.1, 0.15) is 5.75 Å². The highest BCUT2D eigenvalue weighted by molar-refractivity contribution is 7.99. The van der Waals surface area contributed by atoms with E-state index in [1.807, 2.05) is 41.0 Å². The van der Waals surface area contributed by atoms with Gasteiger partial charge in [-0.25, -0.2) is 0 Å². The Hall–Kier alpha value is -3.80. The van der Waals surface area contributed by atoms with E-state index >= 15 is 0 Å². The minimum atomic E-state index is -0.215. The third-order valence-corrected chi connectivity index (χ3v) is 5.86. The van der Waals surface area contributed by atoms with Crippen molar-refractivity contribution in [1.29, 1.82) is 5.26 Å². The van der Waals surface area contributed by atoms with Gasteiger partial charge in [-0.15, -0.1) is 10.2 Å². The summed E-state index contributed by atoms with van der Waals surface area (Å²) < 4.78 is 7.15. The van der Waals surface area contributed by atoms with Crippen molar-refractivity contribution in [2.75, 3.05) is 18.2 Å². The van der Waals surface area contributed by atoms with Crippen LogP contribution in [0.3, 0.4) is 0 Å². The van der Waals surface area contributed by atoms with Crippen LogP contribution in [0.4, 0.5) is 5.69 Å². The SMILES string of the molecule is COc1ccc(-n2c(SCC(=O)Nc3cccc(C#N)c3)nnc2-c2ccc(Cl)cc2)cc1. The quantitative estimate of drug-likeness (QED) is 0.369. The fourth-order valence-electron chi connectivity index (χ4n) is 3.11. The van der Waals surface area contributed by atoms with Crippen LogP contribution in [-0.4, -0.2) is 33.5 Å². The molecule has 0 fully saturated rings. The molecule has 9 heteroatoms. The Balaban J connectivity index is 1.60. The number of thioether (sulfide) groups is 1. The Bertz CT molecular complexity index is 1310. The third-order valence-electron chi connectivity index (χ3n) is 4.67. The number of carbonyl (C=O) groups is 1. The molecule has 4 aromatic rings. The summed E-state index contributed by atoms with van der Waals surface area (Å²) >= 11 is 7.30. The topological polar surface area (TPSA) is 92.8 Å². The molecule has 0 spiro atoms. The van der Waals surface area contributed by atoms with Crippen LogP contribution in [0.5, 0.6) is 5.75 Å². The summed E-state index contributed by atoms with van der Waals surface area (Å²) in [6.45, 7) is 0. The van der Waals surface area contributed by atoms with E-state index in [1.54, 1.807) is 43.5 Å². The number of ether oxygens (including phenoxy) is 1. The normalized spacial score (nSPS) is 10.5. The lowest BCUT2D eigenvalue weighted by molar-refractivity contribution is -0.113. The molecule has 0 saturated heterocycles. The van der Waals surface area contributed by atoms with Crippen molar-refractivity contribution < 1.29 is 9.53 Å². The number of nitrogens with one attached hydrogen (secondary N) is 1. The van der Waals surface area contributed by atoms with Gasteiger partial charge in [-0.2, -0.15) is 5.26 Å². The number of carbonyl (C=O) groups excluding carboxylic acids is 1. The van der Waals surface area contributed by atoms with Gasteiger partial charge in [0, 0.05) is 22.0 Å². The molecular formula is C24H18ClN5O2S. The molecule has 0 aliphatic heterocycles. The molecule has 0 unspecified atom stereocenters. The van der Waals surface area contributed by atoms with Crippen LogP contribution in [0.15, 0.2) is 78.0 Å². The smallest absolute Gasteiger partial charge is 0.234 e. The van der Waals surface area contributed by atoms with E-state index < -0.39 is 0 Å². The summed E-state index contributed by atoms with van der Waals surface area (Å²) in [5.41, 5.74) is 2.72. The fraction of sp³-hybridized carbons (Fsp3) is 0.0833. The molecule has 0 radical (unpaired) electrons. The number of aromatic nitrogens is 3. The number of amides is 1. The zero-order chi connectivity index (χ0) is 23.2. The summed E-state index contributed by atoms with van der Waals surface area (Å²) in [6.07, 6.45) is 0. The van der Waals surface area contributed by atoms with Gasteiger partial charge in [-0.05, 0) is 66.7 Å². The number of benzene rings is 3. The molecule has 1 amide bonds. The van der Waals surface area contributed by atoms with Crippen LogP contribution in [-0.2, 0) is 4.79 Å². The van der Waals surface area contributed by atoms with Crippen molar-refractivity contribution in [1.82, 2.24) is 14.8 Å². The zero-order valence-corrected chi connectivity index (χ0v) is 19.1. The zero-order valence-electron chi connectivity index (χ0n) is 17.5. The Kier molecular flexibility index (Phi) is 6.93. The van der Waals surface area contributed by atoms with Gasteiger partial charge in [0.2, 0.25) is 5.91 Å². The highest BCUT2D eigenvalue weighted by Gasteiger charge is 2.17. The van der Waals surface area contributed by atoms with Crippen molar-refractivity contribution in [2.24, 2.45) is 0 Å². The minimum absolute atomic E-state index is 0.117. The molecule has 1 heterocycles. The molecule has 0 bridgehead atoms. The number of hydrogen-bond acceptors (Lipinski definition) is 6. The molecule has 164 valence electrons. The van der Waals surface area contributed by atoms with Crippen LogP contribution < -0.4 is 10.1 Å². The fourth-order valence-corrected chi connectivity index (χ4v) is 3.98. The van der Waals surface area contributed by atoms with Crippen molar-refractivity contribution >= 4 is 35.0 Å². The second-order valence-corrected chi connectivity index (χ2v) is 8.25. The lowest BCUT2D eigenvalue weighted by atomic mass is 10.2. The Morgan fingerprint density at radius 1 is 1.12 bits per heavy atom. The number of hydrogen-bond donors (Lipinski definition) is 1. The number of anilines is 1. The molecule has 0 saturated carbocycles. The predicted octanol–water partition coefficient (Wildman–Crippen LogP) is 5.20. The number of methoxy groups -OCH3 is 1. The van der Waals surface area contributed by atoms with Crippen molar-refractivity contribution in [3.8, 4) is 28.9 Å². The second-order valence-electron chi connectivity index (χ2n) is 6.88. The molecule has 4 rings (SSSR count). The van der Waals surface area contributed by atoms with E-state index in [2.05, 4.69) is 21.6 Å². The Labute approximate surface area is 200 Å². The molecule has 1 N–H and O–H groups in total. The van der Waals surface area contributed by atoms with E-state index in [0.717, 1.165) is 17.0 Å². The molecule has 0 atom stereocenters. The molecule has 0 aliphatic rings. The van der Waals surface area contributed by atoms with E-state index in [4.69, 9.17) is 21.6 Å². The Morgan fingerprint density at radius 3 is 2.58 bits per heavy atom. The van der Waals surface area contributed by atoms with Gasteiger partial charge in [0.25, 0.3) is 0 Å². The Morgan fingerprint density at radius 2 is 1.88 bits per heavy atom. The monoisotopic (exact) mass is 475 g/mol. The van der Waals surface area contributed by atoms with E-state index in [-0.39, 0.29) is 11.7 Å². The first-order valence-electron chi connectivity index (χ1n) is 9.86. The summed E-state index contributed by atoms with van der Waals surface area (Å²) in [6, 6.07) is 23.7. The van der Waals surface area contributed by atoms with E-state index in [9.17, 15) is 4.79 Å². The molecule has 1 aromatic heterocycles. The minimum Gasteiger partial charge on any atom is -0.497 e. The van der Waals surface area contributed by atoms with Crippen LogP contribution in [0, 0.1) is 11.3 Å². The lowest BCUT2D eigenvalue weighted by Crippen LogP contribution is -2.14. The lowest BCUT2D eigenvalue weighted by Gasteiger charge is -2.11. The second kappa shape index (κ2) is 10.2. The van der Waals surface area contributed by atoms with Gasteiger partial charge in [0.15, 0.2) is 11.0 Å². The maximum Gasteiger partial charge on any atom is 0.234 e. The number of nitriles is 1. The highest BCUT2D eigenvalue weighted by atomic mass is 35.5. The number of halogens is 1. The average molecular weight is 476 g/mol. The maximum absolute atomic E-state index is 12.5. The van der Waals surface area contributed by atoms with E-state index in [0.29, 0.717) is 27.3 Å². The first-order chi connectivity index (χ1) is 16.1. The van der Waals surface area contributed by atoms with Crippen molar-refractivity contribution in [2.45, 2.75) is 5.16 Å². The van der Waals surface area contributed by atoms with Gasteiger partial charge in [-0.1, -0.05) is 29.4 Å². The van der Waals surface area contributed by atoms with Crippen molar-refractivity contribution in [3.05, 3.63) is 83.4 Å². The first kappa shape index (κ1) is 22.4. The average Bonchev–Trinajstić information content (AvgIpc) is 3.27. The standard InChI is InChI=1S/C24H18ClN5O2S/c1-32-21-11-9-20(10-12-21)30-23(17-5-7-18(25)8-6-17)28-29-24(30)33-15-22(31)27-19-4-2-3-16(13-19)14-26/h2-13H,15H2,1H3,(H,27,31). The van der Waals surface area contributed by atoms with E-state index in [1.165, 1.54) is 11.8 Å². The summed E-state index contributed by atoms with van der Waals surface area (Å²) in [5.74, 6) is 1.26. The number of rotatable bonds is 7. The maximum atomic E-state index is 12.5. The van der Waals surface area contributed by atoms with Gasteiger partial charge in [0.05, 0.1) is 24.5 Å². The molecule has 3 aromatic carbocycles. The number of nitrogens with zero attached hydrogens (tertiary/aromatic N) is 4. The molecule has 0 aliphatic carbocycles. The first-order valence-corrected chi connectivity index (χ1v) is 11.2. The predicted molar refractivity (Wildman–Crippen MR) is 129 cm³/mol. The van der Waals surface area contributed by atoms with Crippen LogP contribution in [0.1, 0.15) is 5.56 Å². The van der Waals surface area contributed by atoms with Gasteiger partial charge in [-0.3, -0.25) is 9.36 Å². The molecule has 33 heavy (non-hydrogen) atoms. The third kappa shape index (κ3) is 5.34. The van der Waals surface area contributed by atoms with Crippen LogP contribution in [0.25, 0.3) is 17.1 Å². The highest BCUT2D eigenvalue weighted by Crippen LogP contribution is 2.29. The summed E-state index contributed by atoms with van der Waals surface area (Å²) in [7, 11) is 1.61. The molecule has 7 nitrogen and oxygen atoms in total. The summed E-state index contributed by atoms with van der Waals surface area (Å²) in [5, 5.41) is 21.7. The van der Waals surface area contributed by atoms with Crippen LogP contribution >= 0.6 is 23.4 Å².